The molecular formula is C40H44N4O6. The van der Waals surface area contributed by atoms with E-state index in [1.54, 1.807) is 5.48 Å². The number of hydrogen-bond acceptors (Lipinski definition) is 7. The van der Waals surface area contributed by atoms with Crippen molar-refractivity contribution in [2.24, 2.45) is 0 Å². The summed E-state index contributed by atoms with van der Waals surface area (Å²) in [4.78, 5) is 28.1. The number of amides is 2. The van der Waals surface area contributed by atoms with Crippen LogP contribution in [0.5, 0.6) is 0 Å². The lowest BCUT2D eigenvalue weighted by Crippen LogP contribution is -2.32. The van der Waals surface area contributed by atoms with Gasteiger partial charge in [-0.2, -0.15) is 0 Å². The second kappa shape index (κ2) is 17.2. The van der Waals surface area contributed by atoms with E-state index >= 15 is 0 Å². The van der Waals surface area contributed by atoms with Crippen molar-refractivity contribution in [1.29, 1.82) is 0 Å². The third kappa shape index (κ3) is 9.22. The number of aliphatic hydroxyl groups is 1. The molecule has 0 bridgehead atoms. The molecule has 0 unspecified atom stereocenters. The molecule has 2 heterocycles. The number of unbranched alkanes of at least 4 members (excludes halogenated alkanes) is 3. The van der Waals surface area contributed by atoms with Crippen molar-refractivity contribution in [3.05, 3.63) is 126 Å². The van der Waals surface area contributed by atoms with Crippen LogP contribution in [0.4, 0.5) is 0 Å². The highest BCUT2D eigenvalue weighted by molar-refractivity contribution is 5.76. The first-order valence-corrected chi connectivity index (χ1v) is 17.3. The maximum absolute atomic E-state index is 12.4. The highest BCUT2D eigenvalue weighted by atomic mass is 16.7. The van der Waals surface area contributed by atoms with Gasteiger partial charge in [0.25, 0.3) is 0 Å². The number of ether oxygens (including phenoxy) is 2. The Morgan fingerprint density at radius 1 is 0.780 bits per heavy atom. The Hall–Kier alpha value is -4.87. The molecule has 1 aliphatic rings. The summed E-state index contributed by atoms with van der Waals surface area (Å²) in [5, 5.41) is 21.1. The van der Waals surface area contributed by atoms with E-state index in [0.29, 0.717) is 32.4 Å². The van der Waals surface area contributed by atoms with Gasteiger partial charge in [0.2, 0.25) is 11.8 Å². The van der Waals surface area contributed by atoms with Gasteiger partial charge in [-0.3, -0.25) is 14.8 Å². The van der Waals surface area contributed by atoms with Crippen LogP contribution in [0.25, 0.3) is 22.2 Å². The zero-order valence-corrected chi connectivity index (χ0v) is 28.0. The number of imidazole rings is 1. The summed E-state index contributed by atoms with van der Waals surface area (Å²) in [5.41, 5.74) is 9.58. The summed E-state index contributed by atoms with van der Waals surface area (Å²) in [6, 6.07) is 32.4. The van der Waals surface area contributed by atoms with Gasteiger partial charge in [0.15, 0.2) is 6.29 Å². The SMILES string of the molecule is O=C(CCCCCCC(=O)NCc1cccc(-c2ccc([C@@H]3O[C@H](Cn4cnc5ccccc54)C[C@H](c4ccc(CO)cc4)O3)cc2)c1)NO. The topological polar surface area (TPSA) is 135 Å². The molecule has 1 aliphatic heterocycles. The van der Waals surface area contributed by atoms with Crippen LogP contribution in [0.1, 0.15) is 79.6 Å². The van der Waals surface area contributed by atoms with Gasteiger partial charge in [0, 0.05) is 31.4 Å². The zero-order chi connectivity index (χ0) is 34.7. The third-order valence-electron chi connectivity index (χ3n) is 9.16. The molecule has 0 aliphatic carbocycles. The molecule has 1 fully saturated rings. The largest absolute Gasteiger partial charge is 0.392 e. The summed E-state index contributed by atoms with van der Waals surface area (Å²) in [6.45, 7) is 1.08. The molecule has 2 amide bonds. The molecule has 10 heteroatoms. The van der Waals surface area contributed by atoms with Crippen LogP contribution in [0.15, 0.2) is 103 Å². The Kier molecular flexibility index (Phi) is 12.0. The Bertz CT molecular complexity index is 1860. The second-order valence-electron chi connectivity index (χ2n) is 12.8. The van der Waals surface area contributed by atoms with Crippen molar-refractivity contribution in [1.82, 2.24) is 20.3 Å². The van der Waals surface area contributed by atoms with Crippen LogP contribution in [0.2, 0.25) is 0 Å². The van der Waals surface area contributed by atoms with Gasteiger partial charge < -0.3 is 24.5 Å². The van der Waals surface area contributed by atoms with Gasteiger partial charge in [-0.1, -0.05) is 91.7 Å². The molecule has 0 spiro atoms. The fourth-order valence-corrected chi connectivity index (χ4v) is 6.37. The smallest absolute Gasteiger partial charge is 0.243 e. The zero-order valence-electron chi connectivity index (χ0n) is 28.0. The summed E-state index contributed by atoms with van der Waals surface area (Å²) in [7, 11) is 0. The maximum Gasteiger partial charge on any atom is 0.243 e. The Labute approximate surface area is 292 Å². The fraction of sp³-hybridized carbons (Fsp3) is 0.325. The number of nitrogens with zero attached hydrogens (tertiary/aromatic N) is 2. The number of benzene rings is 4. The van der Waals surface area contributed by atoms with E-state index in [4.69, 9.17) is 14.7 Å². The van der Waals surface area contributed by atoms with Gasteiger partial charge in [-0.05, 0) is 58.9 Å². The molecule has 6 rings (SSSR count). The maximum atomic E-state index is 12.4. The van der Waals surface area contributed by atoms with Crippen LogP contribution >= 0.6 is 0 Å². The van der Waals surface area contributed by atoms with E-state index in [9.17, 15) is 14.7 Å². The van der Waals surface area contributed by atoms with Gasteiger partial charge in [-0.15, -0.1) is 0 Å². The summed E-state index contributed by atoms with van der Waals surface area (Å²) in [5.74, 6) is -0.378. The Balaban J connectivity index is 1.08. The van der Waals surface area contributed by atoms with Gasteiger partial charge in [-0.25, -0.2) is 10.5 Å². The number of carbonyl (C=O) groups is 2. The quantitative estimate of drug-likeness (QED) is 0.0538. The minimum atomic E-state index is -0.568. The lowest BCUT2D eigenvalue weighted by molar-refractivity contribution is -0.252. The monoisotopic (exact) mass is 676 g/mol. The summed E-state index contributed by atoms with van der Waals surface area (Å²) in [6.07, 6.45) is 5.53. The molecule has 0 radical (unpaired) electrons. The number of fused-ring (bicyclic) bond motifs is 1. The number of rotatable bonds is 15. The molecular weight excluding hydrogens is 632 g/mol. The first kappa shape index (κ1) is 35.0. The molecule has 50 heavy (non-hydrogen) atoms. The van der Waals surface area contributed by atoms with Crippen LogP contribution in [-0.4, -0.2) is 37.8 Å². The fourth-order valence-electron chi connectivity index (χ4n) is 6.37. The van der Waals surface area contributed by atoms with Crippen LogP contribution in [0.3, 0.4) is 0 Å². The van der Waals surface area contributed by atoms with Crippen molar-refractivity contribution >= 4 is 22.8 Å². The van der Waals surface area contributed by atoms with Crippen molar-refractivity contribution in [3.63, 3.8) is 0 Å². The average Bonchev–Trinajstić information content (AvgIpc) is 3.57. The van der Waals surface area contributed by atoms with Crippen molar-refractivity contribution in [3.8, 4) is 11.1 Å². The minimum Gasteiger partial charge on any atom is -0.392 e. The lowest BCUT2D eigenvalue weighted by Gasteiger charge is -2.36. The van der Waals surface area contributed by atoms with Gasteiger partial charge in [0.05, 0.1) is 42.7 Å². The Morgan fingerprint density at radius 2 is 1.52 bits per heavy atom. The standard InChI is InChI=1S/C40H44N4O6/c45-26-28-14-16-31(17-15-28)37-23-34(25-44-27-42-35-10-5-6-11-36(35)44)49-40(50-37)32-20-18-30(19-21-32)33-9-7-8-29(22-33)24-41-38(46)12-3-1-2-4-13-39(47)43-48/h5-11,14-22,27,34,37,40,45,48H,1-4,12-13,23-26H2,(H,41,46)(H,43,47)/t34-,37+,40+/m0/s1. The molecule has 3 atom stereocenters. The van der Waals surface area contributed by atoms with E-state index in [1.165, 1.54) is 0 Å². The molecule has 5 aromatic rings. The van der Waals surface area contributed by atoms with Gasteiger partial charge >= 0.3 is 0 Å². The molecule has 1 aromatic heterocycles. The van der Waals surface area contributed by atoms with E-state index in [0.717, 1.165) is 63.7 Å². The number of nitrogens with one attached hydrogen (secondary N) is 2. The molecule has 260 valence electrons. The molecule has 4 aromatic carbocycles. The Morgan fingerprint density at radius 3 is 2.28 bits per heavy atom. The summed E-state index contributed by atoms with van der Waals surface area (Å²) >= 11 is 0. The molecule has 10 nitrogen and oxygen atoms in total. The average molecular weight is 677 g/mol. The van der Waals surface area contributed by atoms with E-state index in [2.05, 4.69) is 45.2 Å². The van der Waals surface area contributed by atoms with Crippen molar-refractivity contribution < 1.29 is 29.4 Å². The third-order valence-corrected chi connectivity index (χ3v) is 9.16. The highest BCUT2D eigenvalue weighted by Gasteiger charge is 2.32. The van der Waals surface area contributed by atoms with Crippen LogP contribution in [-0.2, 0) is 38.8 Å². The first-order valence-electron chi connectivity index (χ1n) is 17.3. The van der Waals surface area contributed by atoms with Gasteiger partial charge in [0.1, 0.15) is 0 Å². The summed E-state index contributed by atoms with van der Waals surface area (Å²) < 4.78 is 15.3. The minimum absolute atomic E-state index is 0.00233. The van der Waals surface area contributed by atoms with Crippen molar-refractivity contribution in [2.45, 2.75) is 83.1 Å². The number of carbonyl (C=O) groups excluding carboxylic acids is 2. The number of aliphatic hydroxyl groups excluding tert-OH is 1. The first-order chi connectivity index (χ1) is 24.5. The van der Waals surface area contributed by atoms with E-state index in [-0.39, 0.29) is 37.0 Å². The van der Waals surface area contributed by atoms with Crippen LogP contribution < -0.4 is 10.8 Å². The lowest BCUT2D eigenvalue weighted by atomic mass is 9.99. The predicted octanol–water partition coefficient (Wildman–Crippen LogP) is 6.90. The predicted molar refractivity (Wildman–Crippen MR) is 190 cm³/mol. The molecule has 0 saturated carbocycles. The van der Waals surface area contributed by atoms with Crippen molar-refractivity contribution in [2.75, 3.05) is 0 Å². The van der Waals surface area contributed by atoms with E-state index < -0.39 is 6.29 Å². The normalized spacial score (nSPS) is 17.4. The molecule has 1 saturated heterocycles. The second-order valence-corrected chi connectivity index (χ2v) is 12.8. The van der Waals surface area contributed by atoms with Crippen LogP contribution in [0, 0.1) is 0 Å². The van der Waals surface area contributed by atoms with E-state index in [1.807, 2.05) is 73.1 Å². The number of aromatic nitrogens is 2. The number of hydroxylamine groups is 1. The number of hydrogen-bond donors (Lipinski definition) is 4. The highest BCUT2D eigenvalue weighted by Crippen LogP contribution is 2.39. The molecule has 4 N–H and O–H groups in total. The number of para-hydroxylation sites is 2.